The maximum atomic E-state index is 13.4. The Balaban J connectivity index is 1.39. The van der Waals surface area contributed by atoms with E-state index in [9.17, 15) is 13.5 Å². The standard InChI is InChI=1S/C33H37N7O5S/c1-4-39-21-34-30-31(39)36-33(35-22-10-14-26(41)15-11-22)37-32(30)40(24-8-6-5-7-9-24)25-12-16-29(17-13-25)46(42,43)38-23-18-27(44-2)20-28(19-23)45-3/h5-9,12-13,16-22,26,38,41H,4,10-11,14-15H2,1-3H3,(H,35,36,37). The van der Waals surface area contributed by atoms with Crippen LogP contribution in [0.4, 0.5) is 28.8 Å². The summed E-state index contributed by atoms with van der Waals surface area (Å²) in [5.41, 5.74) is 3.11. The number of anilines is 5. The Labute approximate surface area is 268 Å². The number of hydrogen-bond acceptors (Lipinski definition) is 10. The number of rotatable bonds is 11. The van der Waals surface area contributed by atoms with Gasteiger partial charge in [0.05, 0.1) is 37.2 Å². The van der Waals surface area contributed by atoms with Gasteiger partial charge in [0, 0.05) is 42.2 Å². The number of benzene rings is 3. The Morgan fingerprint density at radius 2 is 1.57 bits per heavy atom. The monoisotopic (exact) mass is 643 g/mol. The SMILES string of the molecule is CCn1cnc2c(N(c3ccccc3)c3ccc(S(=O)(=O)Nc4cc(OC)cc(OC)c4)cc3)nc(NC3CCC(O)CC3)nc21. The number of para-hydroxylation sites is 1. The normalized spacial score (nSPS) is 16.6. The van der Waals surface area contributed by atoms with Crippen LogP contribution in [0.5, 0.6) is 11.5 Å². The molecule has 1 aliphatic rings. The molecule has 0 spiro atoms. The van der Waals surface area contributed by atoms with E-state index in [-0.39, 0.29) is 17.0 Å². The minimum absolute atomic E-state index is 0.0796. The molecule has 2 heterocycles. The van der Waals surface area contributed by atoms with E-state index in [2.05, 4.69) is 10.0 Å². The van der Waals surface area contributed by atoms with Crippen LogP contribution in [0.2, 0.25) is 0 Å². The molecule has 0 unspecified atom stereocenters. The fraction of sp³-hybridized carbons (Fsp3) is 0.303. The minimum Gasteiger partial charge on any atom is -0.497 e. The lowest BCUT2D eigenvalue weighted by molar-refractivity contribution is 0.126. The fourth-order valence-corrected chi connectivity index (χ4v) is 6.65. The number of aliphatic hydroxyl groups is 1. The zero-order valence-electron chi connectivity index (χ0n) is 25.9. The lowest BCUT2D eigenvalue weighted by Crippen LogP contribution is -2.29. The molecule has 12 nitrogen and oxygen atoms in total. The summed E-state index contributed by atoms with van der Waals surface area (Å²) in [5.74, 6) is 1.95. The van der Waals surface area contributed by atoms with E-state index in [4.69, 9.17) is 24.4 Å². The zero-order chi connectivity index (χ0) is 32.3. The summed E-state index contributed by atoms with van der Waals surface area (Å²) in [6.45, 7) is 2.70. The Morgan fingerprint density at radius 1 is 0.913 bits per heavy atom. The van der Waals surface area contributed by atoms with E-state index in [1.54, 1.807) is 48.8 Å². The molecule has 0 saturated heterocycles. The topological polar surface area (TPSA) is 144 Å². The molecule has 0 aliphatic heterocycles. The molecular weight excluding hydrogens is 606 g/mol. The number of aliphatic hydroxyl groups excluding tert-OH is 1. The number of fused-ring (bicyclic) bond motifs is 1. The summed E-state index contributed by atoms with van der Waals surface area (Å²) in [7, 11) is -0.940. The lowest BCUT2D eigenvalue weighted by atomic mass is 9.93. The second-order valence-corrected chi connectivity index (χ2v) is 12.8. The smallest absolute Gasteiger partial charge is 0.261 e. The minimum atomic E-state index is -3.95. The molecule has 1 saturated carbocycles. The molecule has 13 heteroatoms. The molecule has 240 valence electrons. The van der Waals surface area contributed by atoms with Crippen molar-refractivity contribution in [2.45, 2.75) is 56.2 Å². The molecule has 0 amide bonds. The van der Waals surface area contributed by atoms with Gasteiger partial charge in [0.15, 0.2) is 17.0 Å². The van der Waals surface area contributed by atoms with Crippen molar-refractivity contribution in [3.05, 3.63) is 79.1 Å². The third-order valence-corrected chi connectivity index (χ3v) is 9.45. The number of nitrogens with zero attached hydrogens (tertiary/aromatic N) is 5. The number of hydrogen-bond donors (Lipinski definition) is 3. The van der Waals surface area contributed by atoms with Crippen molar-refractivity contribution in [2.24, 2.45) is 0 Å². The average molecular weight is 644 g/mol. The van der Waals surface area contributed by atoms with Gasteiger partial charge in [-0.15, -0.1) is 0 Å². The predicted molar refractivity (Wildman–Crippen MR) is 178 cm³/mol. The number of aromatic nitrogens is 4. The third kappa shape index (κ3) is 6.56. The molecule has 6 rings (SSSR count). The van der Waals surface area contributed by atoms with Crippen molar-refractivity contribution < 1.29 is 23.0 Å². The van der Waals surface area contributed by atoms with Crippen molar-refractivity contribution >= 4 is 50.0 Å². The number of nitrogens with one attached hydrogen (secondary N) is 2. The quantitative estimate of drug-likeness (QED) is 0.160. The molecule has 5 aromatic rings. The molecule has 0 bridgehead atoms. The van der Waals surface area contributed by atoms with Crippen LogP contribution in [0.3, 0.4) is 0 Å². The highest BCUT2D eigenvalue weighted by Crippen LogP contribution is 2.38. The van der Waals surface area contributed by atoms with Gasteiger partial charge in [-0.05, 0) is 69.0 Å². The molecule has 1 aliphatic carbocycles. The van der Waals surface area contributed by atoms with E-state index < -0.39 is 10.0 Å². The van der Waals surface area contributed by atoms with Gasteiger partial charge in [-0.3, -0.25) is 9.62 Å². The highest BCUT2D eigenvalue weighted by Gasteiger charge is 2.25. The average Bonchev–Trinajstić information content (AvgIpc) is 3.49. The zero-order valence-corrected chi connectivity index (χ0v) is 26.7. The summed E-state index contributed by atoms with van der Waals surface area (Å²) in [5, 5.41) is 13.5. The summed E-state index contributed by atoms with van der Waals surface area (Å²) < 4.78 is 42.0. The van der Waals surface area contributed by atoms with Crippen molar-refractivity contribution in [3.8, 4) is 11.5 Å². The number of ether oxygens (including phenoxy) is 2. The van der Waals surface area contributed by atoms with Gasteiger partial charge in [-0.2, -0.15) is 9.97 Å². The second-order valence-electron chi connectivity index (χ2n) is 11.1. The van der Waals surface area contributed by atoms with Crippen LogP contribution in [0.25, 0.3) is 11.2 Å². The second kappa shape index (κ2) is 13.2. The van der Waals surface area contributed by atoms with Gasteiger partial charge in [-0.25, -0.2) is 13.4 Å². The van der Waals surface area contributed by atoms with Crippen molar-refractivity contribution in [1.82, 2.24) is 19.5 Å². The molecule has 0 radical (unpaired) electrons. The highest BCUT2D eigenvalue weighted by molar-refractivity contribution is 7.92. The van der Waals surface area contributed by atoms with Crippen LogP contribution in [-0.2, 0) is 16.6 Å². The van der Waals surface area contributed by atoms with E-state index in [1.165, 1.54) is 14.2 Å². The van der Waals surface area contributed by atoms with Gasteiger partial charge in [-0.1, -0.05) is 18.2 Å². The largest absolute Gasteiger partial charge is 0.497 e. The van der Waals surface area contributed by atoms with Crippen molar-refractivity contribution in [3.63, 3.8) is 0 Å². The summed E-state index contributed by atoms with van der Waals surface area (Å²) in [4.78, 5) is 16.6. The number of sulfonamides is 1. The van der Waals surface area contributed by atoms with Crippen molar-refractivity contribution in [1.29, 1.82) is 0 Å². The summed E-state index contributed by atoms with van der Waals surface area (Å²) in [6, 6.07) is 21.3. The lowest BCUT2D eigenvalue weighted by Gasteiger charge is -2.28. The summed E-state index contributed by atoms with van der Waals surface area (Å²) in [6.07, 6.45) is 4.57. The number of aryl methyl sites for hydroxylation is 1. The van der Waals surface area contributed by atoms with Crippen LogP contribution >= 0.6 is 0 Å². The summed E-state index contributed by atoms with van der Waals surface area (Å²) >= 11 is 0. The molecule has 3 N–H and O–H groups in total. The molecular formula is C33H37N7O5S. The maximum absolute atomic E-state index is 13.4. The van der Waals surface area contributed by atoms with Gasteiger partial charge in [0.2, 0.25) is 5.95 Å². The van der Waals surface area contributed by atoms with E-state index in [1.807, 2.05) is 46.7 Å². The first-order valence-corrected chi connectivity index (χ1v) is 16.6. The van der Waals surface area contributed by atoms with Gasteiger partial charge >= 0.3 is 0 Å². The van der Waals surface area contributed by atoms with Crippen LogP contribution < -0.4 is 24.4 Å². The third-order valence-electron chi connectivity index (χ3n) is 8.05. The molecule has 46 heavy (non-hydrogen) atoms. The number of imidazole rings is 1. The molecule has 1 fully saturated rings. The van der Waals surface area contributed by atoms with Gasteiger partial charge in [0.25, 0.3) is 10.0 Å². The first kappa shape index (κ1) is 31.1. The Bertz CT molecular complexity index is 1890. The molecule has 2 aromatic heterocycles. The van der Waals surface area contributed by atoms with Crippen molar-refractivity contribution in [2.75, 3.05) is 29.2 Å². The van der Waals surface area contributed by atoms with E-state index in [0.717, 1.165) is 31.4 Å². The van der Waals surface area contributed by atoms with Crippen LogP contribution in [-0.4, -0.2) is 59.4 Å². The van der Waals surface area contributed by atoms with Gasteiger partial charge in [0.1, 0.15) is 11.5 Å². The van der Waals surface area contributed by atoms with Crippen LogP contribution in [0.15, 0.2) is 84.0 Å². The predicted octanol–water partition coefficient (Wildman–Crippen LogP) is 5.85. The Kier molecular flexibility index (Phi) is 8.95. The first-order valence-electron chi connectivity index (χ1n) is 15.2. The van der Waals surface area contributed by atoms with Gasteiger partial charge < -0.3 is 24.5 Å². The Morgan fingerprint density at radius 3 is 2.20 bits per heavy atom. The highest BCUT2D eigenvalue weighted by atomic mass is 32.2. The fourth-order valence-electron chi connectivity index (χ4n) is 5.61. The van der Waals surface area contributed by atoms with E-state index in [0.29, 0.717) is 52.3 Å². The van der Waals surface area contributed by atoms with Crippen LogP contribution in [0, 0.1) is 0 Å². The van der Waals surface area contributed by atoms with Crippen LogP contribution in [0.1, 0.15) is 32.6 Å². The number of methoxy groups -OCH3 is 2. The Hall–Kier alpha value is -4.88. The first-order chi connectivity index (χ1) is 22.3. The molecule has 0 atom stereocenters. The molecule has 3 aromatic carbocycles. The van der Waals surface area contributed by atoms with E-state index >= 15 is 0 Å². The maximum Gasteiger partial charge on any atom is 0.261 e.